The van der Waals surface area contributed by atoms with E-state index in [1.807, 2.05) is 0 Å². The Morgan fingerprint density at radius 3 is 2.27 bits per heavy atom. The molecule has 2 fully saturated rings. The van der Waals surface area contributed by atoms with Crippen molar-refractivity contribution in [3.63, 3.8) is 0 Å². The highest BCUT2D eigenvalue weighted by Crippen LogP contribution is 2.27. The molecule has 3 amide bonds. The lowest BCUT2D eigenvalue weighted by molar-refractivity contribution is -0.125. The molecule has 0 radical (unpaired) electrons. The van der Waals surface area contributed by atoms with Crippen molar-refractivity contribution in [2.24, 2.45) is 11.8 Å². The third kappa shape index (κ3) is 4.62. The molecule has 22 heavy (non-hydrogen) atoms. The maximum Gasteiger partial charge on any atom is 0.315 e. The first kappa shape index (κ1) is 17.1. The SMILES string of the molecule is CCC1CCCCC1NC(=O)NC1CCC(C(=O)NC)CC1. The lowest BCUT2D eigenvalue weighted by Gasteiger charge is -2.33. The Balaban J connectivity index is 1.72. The number of carbonyl (C=O) groups excluding carboxylic acids is 2. The summed E-state index contributed by atoms with van der Waals surface area (Å²) >= 11 is 0. The average Bonchev–Trinajstić information content (AvgIpc) is 2.55. The molecule has 5 nitrogen and oxygen atoms in total. The van der Waals surface area contributed by atoms with E-state index in [0.29, 0.717) is 12.0 Å². The molecule has 0 aromatic heterocycles. The molecule has 0 heterocycles. The molecule has 126 valence electrons. The van der Waals surface area contributed by atoms with Gasteiger partial charge >= 0.3 is 6.03 Å². The molecular weight excluding hydrogens is 278 g/mol. The van der Waals surface area contributed by atoms with Gasteiger partial charge in [-0.1, -0.05) is 26.2 Å². The van der Waals surface area contributed by atoms with Crippen LogP contribution in [-0.2, 0) is 4.79 Å². The number of rotatable bonds is 4. The molecule has 5 heteroatoms. The Morgan fingerprint density at radius 2 is 1.64 bits per heavy atom. The van der Waals surface area contributed by atoms with Crippen LogP contribution in [0, 0.1) is 11.8 Å². The van der Waals surface area contributed by atoms with Crippen LogP contribution in [0.5, 0.6) is 0 Å². The Morgan fingerprint density at radius 1 is 0.955 bits per heavy atom. The highest BCUT2D eigenvalue weighted by atomic mass is 16.2. The molecule has 2 aliphatic rings. The summed E-state index contributed by atoms with van der Waals surface area (Å²) in [5, 5.41) is 9.01. The fraction of sp³-hybridized carbons (Fsp3) is 0.882. The molecule has 0 saturated heterocycles. The van der Waals surface area contributed by atoms with E-state index in [9.17, 15) is 9.59 Å². The minimum absolute atomic E-state index is 0.0197. The number of nitrogens with one attached hydrogen (secondary N) is 3. The van der Waals surface area contributed by atoms with E-state index in [0.717, 1.165) is 38.5 Å². The molecule has 0 aromatic carbocycles. The lowest BCUT2D eigenvalue weighted by atomic mass is 9.83. The molecule has 2 unspecified atom stereocenters. The monoisotopic (exact) mass is 309 g/mol. The average molecular weight is 309 g/mol. The number of carbonyl (C=O) groups is 2. The molecule has 2 atom stereocenters. The van der Waals surface area contributed by atoms with Crippen LogP contribution in [0.3, 0.4) is 0 Å². The van der Waals surface area contributed by atoms with Gasteiger partial charge in [0.25, 0.3) is 0 Å². The van der Waals surface area contributed by atoms with E-state index in [1.165, 1.54) is 19.3 Å². The maximum atomic E-state index is 12.2. The standard InChI is InChI=1S/C17H31N3O2/c1-3-12-6-4-5-7-15(12)20-17(22)19-14-10-8-13(9-11-14)16(21)18-2/h12-15H,3-11H2,1-2H3,(H,18,21)(H2,19,20,22). The second-order valence-corrected chi connectivity index (χ2v) is 6.84. The van der Waals surface area contributed by atoms with Crippen molar-refractivity contribution < 1.29 is 9.59 Å². The van der Waals surface area contributed by atoms with Crippen LogP contribution in [-0.4, -0.2) is 31.1 Å². The maximum absolute atomic E-state index is 12.2. The zero-order valence-electron chi connectivity index (χ0n) is 14.0. The van der Waals surface area contributed by atoms with Gasteiger partial charge in [-0.05, 0) is 44.4 Å². The van der Waals surface area contributed by atoms with Crippen molar-refractivity contribution >= 4 is 11.9 Å². The van der Waals surface area contributed by atoms with Gasteiger partial charge in [-0.25, -0.2) is 4.79 Å². The fourth-order valence-corrected chi connectivity index (χ4v) is 3.99. The minimum Gasteiger partial charge on any atom is -0.359 e. The number of amides is 3. The summed E-state index contributed by atoms with van der Waals surface area (Å²) in [5.41, 5.74) is 0. The molecule has 2 saturated carbocycles. The van der Waals surface area contributed by atoms with Gasteiger partial charge in [0.05, 0.1) is 0 Å². The van der Waals surface area contributed by atoms with Crippen LogP contribution in [0.4, 0.5) is 4.79 Å². The summed E-state index contributed by atoms with van der Waals surface area (Å²) in [6, 6.07) is 0.527. The Kier molecular flexibility index (Phi) is 6.52. The largest absolute Gasteiger partial charge is 0.359 e. The van der Waals surface area contributed by atoms with Gasteiger partial charge in [0.15, 0.2) is 0 Å². The van der Waals surface area contributed by atoms with Crippen molar-refractivity contribution in [2.75, 3.05) is 7.05 Å². The van der Waals surface area contributed by atoms with Crippen LogP contribution in [0.15, 0.2) is 0 Å². The highest BCUT2D eigenvalue weighted by Gasteiger charge is 2.28. The summed E-state index contributed by atoms with van der Waals surface area (Å²) in [6.45, 7) is 2.21. The Bertz CT molecular complexity index is 378. The zero-order valence-corrected chi connectivity index (χ0v) is 14.0. The quantitative estimate of drug-likeness (QED) is 0.747. The summed E-state index contributed by atoms with van der Waals surface area (Å²) in [6.07, 6.45) is 9.52. The van der Waals surface area contributed by atoms with Crippen molar-refractivity contribution in [3.05, 3.63) is 0 Å². The van der Waals surface area contributed by atoms with Crippen LogP contribution in [0.25, 0.3) is 0 Å². The van der Waals surface area contributed by atoms with E-state index in [2.05, 4.69) is 22.9 Å². The van der Waals surface area contributed by atoms with Crippen molar-refractivity contribution in [1.29, 1.82) is 0 Å². The molecule has 0 aromatic rings. The molecule has 0 bridgehead atoms. The molecule has 2 rings (SSSR count). The first-order valence-corrected chi connectivity index (χ1v) is 8.92. The van der Waals surface area contributed by atoms with E-state index in [1.54, 1.807) is 7.05 Å². The zero-order chi connectivity index (χ0) is 15.9. The third-order valence-corrected chi connectivity index (χ3v) is 5.43. The first-order valence-electron chi connectivity index (χ1n) is 8.92. The summed E-state index contributed by atoms with van der Waals surface area (Å²) in [4.78, 5) is 23.8. The van der Waals surface area contributed by atoms with Crippen molar-refractivity contribution in [2.45, 2.75) is 76.8 Å². The van der Waals surface area contributed by atoms with Gasteiger partial charge in [0, 0.05) is 25.0 Å². The van der Waals surface area contributed by atoms with Gasteiger partial charge in [0.2, 0.25) is 5.91 Å². The van der Waals surface area contributed by atoms with E-state index >= 15 is 0 Å². The third-order valence-electron chi connectivity index (χ3n) is 5.43. The van der Waals surface area contributed by atoms with Crippen LogP contribution < -0.4 is 16.0 Å². The fourth-order valence-electron chi connectivity index (χ4n) is 3.99. The van der Waals surface area contributed by atoms with Gasteiger partial charge < -0.3 is 16.0 Å². The van der Waals surface area contributed by atoms with Gasteiger partial charge in [-0.2, -0.15) is 0 Å². The Hall–Kier alpha value is -1.26. The molecule has 0 aliphatic heterocycles. The summed E-state index contributed by atoms with van der Waals surface area (Å²) < 4.78 is 0. The minimum atomic E-state index is -0.0197. The summed E-state index contributed by atoms with van der Waals surface area (Å²) in [5.74, 6) is 0.883. The van der Waals surface area contributed by atoms with E-state index < -0.39 is 0 Å². The van der Waals surface area contributed by atoms with Crippen LogP contribution >= 0.6 is 0 Å². The number of urea groups is 1. The topological polar surface area (TPSA) is 70.2 Å². The molecular formula is C17H31N3O2. The van der Waals surface area contributed by atoms with Crippen LogP contribution in [0.1, 0.15) is 64.7 Å². The van der Waals surface area contributed by atoms with Crippen molar-refractivity contribution in [3.8, 4) is 0 Å². The summed E-state index contributed by atoms with van der Waals surface area (Å²) in [7, 11) is 1.69. The van der Waals surface area contributed by atoms with Gasteiger partial charge in [0.1, 0.15) is 0 Å². The van der Waals surface area contributed by atoms with Gasteiger partial charge in [-0.3, -0.25) is 4.79 Å². The normalized spacial score (nSPS) is 32.1. The number of hydrogen-bond acceptors (Lipinski definition) is 2. The molecule has 2 aliphatic carbocycles. The lowest BCUT2D eigenvalue weighted by Crippen LogP contribution is -2.50. The number of hydrogen-bond donors (Lipinski definition) is 3. The van der Waals surface area contributed by atoms with E-state index in [4.69, 9.17) is 0 Å². The van der Waals surface area contributed by atoms with E-state index in [-0.39, 0.29) is 23.9 Å². The van der Waals surface area contributed by atoms with Gasteiger partial charge in [-0.15, -0.1) is 0 Å². The molecule has 3 N–H and O–H groups in total. The smallest absolute Gasteiger partial charge is 0.315 e. The Labute approximate surface area is 134 Å². The second kappa shape index (κ2) is 8.39. The molecule has 0 spiro atoms. The predicted octanol–water partition coefficient (Wildman–Crippen LogP) is 2.56. The predicted molar refractivity (Wildman–Crippen MR) is 87.5 cm³/mol. The van der Waals surface area contributed by atoms with Crippen LogP contribution in [0.2, 0.25) is 0 Å². The first-order chi connectivity index (χ1) is 10.6. The highest BCUT2D eigenvalue weighted by molar-refractivity contribution is 5.78. The van der Waals surface area contributed by atoms with Crippen molar-refractivity contribution in [1.82, 2.24) is 16.0 Å². The second-order valence-electron chi connectivity index (χ2n) is 6.84.